The van der Waals surface area contributed by atoms with Crippen molar-refractivity contribution in [1.82, 2.24) is 10.2 Å². The van der Waals surface area contributed by atoms with Gasteiger partial charge in [0.25, 0.3) is 0 Å². The van der Waals surface area contributed by atoms with E-state index in [1.807, 2.05) is 0 Å². The van der Waals surface area contributed by atoms with Crippen molar-refractivity contribution >= 4 is 5.69 Å². The summed E-state index contributed by atoms with van der Waals surface area (Å²) in [6.45, 7) is 12.5. The summed E-state index contributed by atoms with van der Waals surface area (Å²) < 4.78 is 0. The molecule has 0 saturated carbocycles. The number of benzene rings is 1. The molecule has 1 aliphatic rings. The van der Waals surface area contributed by atoms with Crippen LogP contribution in [0, 0.1) is 0 Å². The van der Waals surface area contributed by atoms with Gasteiger partial charge in [0.2, 0.25) is 0 Å². The number of nitrogens with zero attached hydrogens (tertiary/aromatic N) is 2. The molecule has 0 radical (unpaired) electrons. The van der Waals surface area contributed by atoms with E-state index >= 15 is 0 Å². The zero-order valence-corrected chi connectivity index (χ0v) is 13.1. The highest BCUT2D eigenvalue weighted by molar-refractivity contribution is 5.54. The van der Waals surface area contributed by atoms with Gasteiger partial charge in [0.1, 0.15) is 0 Å². The van der Waals surface area contributed by atoms with Gasteiger partial charge in [-0.25, -0.2) is 0 Å². The van der Waals surface area contributed by atoms with Crippen LogP contribution in [0.15, 0.2) is 24.3 Å². The van der Waals surface area contributed by atoms with Crippen molar-refractivity contribution in [2.45, 2.75) is 33.2 Å². The first kappa shape index (κ1) is 15.3. The highest BCUT2D eigenvalue weighted by Crippen LogP contribution is 2.21. The summed E-state index contributed by atoms with van der Waals surface area (Å²) >= 11 is 0. The van der Waals surface area contributed by atoms with Gasteiger partial charge in [-0.05, 0) is 37.6 Å². The van der Waals surface area contributed by atoms with Gasteiger partial charge < -0.3 is 10.2 Å². The zero-order chi connectivity index (χ0) is 14.2. The smallest absolute Gasteiger partial charge is 0.0412 e. The molecule has 2 rings (SSSR count). The topological polar surface area (TPSA) is 18.5 Å². The predicted octanol–water partition coefficient (Wildman–Crippen LogP) is 2.72. The minimum absolute atomic E-state index is 0.985. The first-order chi connectivity index (χ1) is 9.85. The Balaban J connectivity index is 1.95. The van der Waals surface area contributed by atoms with Crippen molar-refractivity contribution in [3.63, 3.8) is 0 Å². The van der Waals surface area contributed by atoms with Gasteiger partial charge in [-0.3, -0.25) is 4.90 Å². The maximum absolute atomic E-state index is 3.52. The van der Waals surface area contributed by atoms with Crippen LogP contribution in [-0.2, 0) is 6.54 Å². The third-order valence-electron chi connectivity index (χ3n) is 3.99. The van der Waals surface area contributed by atoms with Crippen LogP contribution in [-0.4, -0.2) is 44.2 Å². The molecule has 20 heavy (non-hydrogen) atoms. The van der Waals surface area contributed by atoms with E-state index < -0.39 is 0 Å². The highest BCUT2D eigenvalue weighted by atomic mass is 15.3. The number of hydrogen-bond donors (Lipinski definition) is 1. The summed E-state index contributed by atoms with van der Waals surface area (Å²) in [5.74, 6) is 0. The summed E-state index contributed by atoms with van der Waals surface area (Å²) in [5.41, 5.74) is 2.86. The minimum Gasteiger partial charge on any atom is -0.369 e. The molecule has 0 bridgehead atoms. The molecule has 1 saturated heterocycles. The van der Waals surface area contributed by atoms with Crippen LogP contribution in [0.4, 0.5) is 5.69 Å². The molecule has 0 atom stereocenters. The number of nitrogens with one attached hydrogen (secondary N) is 1. The van der Waals surface area contributed by atoms with Gasteiger partial charge in [0.15, 0.2) is 0 Å². The summed E-state index contributed by atoms with van der Waals surface area (Å²) in [7, 11) is 0. The van der Waals surface area contributed by atoms with Gasteiger partial charge in [0.05, 0.1) is 0 Å². The van der Waals surface area contributed by atoms with E-state index in [-0.39, 0.29) is 0 Å². The Labute approximate surface area is 124 Å². The van der Waals surface area contributed by atoms with Crippen LogP contribution >= 0.6 is 0 Å². The van der Waals surface area contributed by atoms with E-state index in [1.165, 1.54) is 43.7 Å². The molecule has 3 heteroatoms. The number of anilines is 1. The molecule has 0 spiro atoms. The lowest BCUT2D eigenvalue weighted by Crippen LogP contribution is -2.46. The Morgan fingerprint density at radius 1 is 1.00 bits per heavy atom. The lowest BCUT2D eigenvalue weighted by atomic mass is 10.1. The average molecular weight is 275 g/mol. The number of para-hydroxylation sites is 1. The highest BCUT2D eigenvalue weighted by Gasteiger charge is 2.18. The summed E-state index contributed by atoms with van der Waals surface area (Å²) in [6.07, 6.45) is 2.45. The molecule has 0 aliphatic carbocycles. The van der Waals surface area contributed by atoms with Crippen LogP contribution in [0.1, 0.15) is 32.3 Å². The monoisotopic (exact) mass is 275 g/mol. The third-order valence-corrected chi connectivity index (χ3v) is 3.99. The Bertz CT molecular complexity index is 384. The lowest BCUT2D eigenvalue weighted by Gasteiger charge is -2.37. The van der Waals surface area contributed by atoms with Crippen molar-refractivity contribution in [2.24, 2.45) is 0 Å². The Kier molecular flexibility index (Phi) is 6.34. The molecular formula is C17H29N3. The molecular weight excluding hydrogens is 246 g/mol. The van der Waals surface area contributed by atoms with Crippen LogP contribution in [0.5, 0.6) is 0 Å². The normalized spacial score (nSPS) is 16.6. The lowest BCUT2D eigenvalue weighted by molar-refractivity contribution is 0.258. The average Bonchev–Trinajstić information content (AvgIpc) is 2.49. The quantitative estimate of drug-likeness (QED) is 0.772. The van der Waals surface area contributed by atoms with Crippen LogP contribution in [0.2, 0.25) is 0 Å². The molecule has 1 N–H and O–H groups in total. The Morgan fingerprint density at radius 3 is 2.45 bits per heavy atom. The first-order valence-electron chi connectivity index (χ1n) is 8.11. The van der Waals surface area contributed by atoms with Gasteiger partial charge in [0, 0.05) is 38.4 Å². The standard InChI is InChI=1S/C17H29N3/c1-3-9-18-15-16-7-5-6-8-17(16)20-13-11-19(10-4-2)12-14-20/h5-8,18H,3-4,9-15H2,1-2H3. The van der Waals surface area contributed by atoms with E-state index in [9.17, 15) is 0 Å². The molecule has 1 aromatic rings. The van der Waals surface area contributed by atoms with E-state index in [0.29, 0.717) is 0 Å². The number of rotatable bonds is 7. The second-order valence-corrected chi connectivity index (χ2v) is 5.63. The van der Waals surface area contributed by atoms with Crippen molar-refractivity contribution in [2.75, 3.05) is 44.2 Å². The first-order valence-corrected chi connectivity index (χ1v) is 8.11. The molecule has 0 aromatic heterocycles. The minimum atomic E-state index is 0.985. The molecule has 1 aliphatic heterocycles. The van der Waals surface area contributed by atoms with E-state index in [1.54, 1.807) is 0 Å². The summed E-state index contributed by atoms with van der Waals surface area (Å²) in [5, 5.41) is 3.52. The fourth-order valence-electron chi connectivity index (χ4n) is 2.90. The molecule has 1 aromatic carbocycles. The summed E-state index contributed by atoms with van der Waals surface area (Å²) in [4.78, 5) is 5.13. The maximum atomic E-state index is 3.52. The van der Waals surface area contributed by atoms with Crippen molar-refractivity contribution in [3.8, 4) is 0 Å². The van der Waals surface area contributed by atoms with E-state index in [2.05, 4.69) is 53.2 Å². The van der Waals surface area contributed by atoms with Gasteiger partial charge in [-0.1, -0.05) is 32.0 Å². The van der Waals surface area contributed by atoms with Crippen LogP contribution < -0.4 is 10.2 Å². The van der Waals surface area contributed by atoms with Crippen molar-refractivity contribution in [1.29, 1.82) is 0 Å². The van der Waals surface area contributed by atoms with Gasteiger partial charge in [-0.2, -0.15) is 0 Å². The summed E-state index contributed by atoms with van der Waals surface area (Å²) in [6, 6.07) is 8.85. The maximum Gasteiger partial charge on any atom is 0.0412 e. The third kappa shape index (κ3) is 4.22. The predicted molar refractivity (Wildman–Crippen MR) is 87.4 cm³/mol. The number of hydrogen-bond acceptors (Lipinski definition) is 3. The molecule has 3 nitrogen and oxygen atoms in total. The van der Waals surface area contributed by atoms with Gasteiger partial charge in [-0.15, -0.1) is 0 Å². The number of piperazine rings is 1. The van der Waals surface area contributed by atoms with E-state index in [4.69, 9.17) is 0 Å². The molecule has 1 fully saturated rings. The van der Waals surface area contributed by atoms with Crippen molar-refractivity contribution in [3.05, 3.63) is 29.8 Å². The molecule has 0 unspecified atom stereocenters. The SMILES string of the molecule is CCCNCc1ccccc1N1CCN(CCC)CC1. The fraction of sp³-hybridized carbons (Fsp3) is 0.647. The fourth-order valence-corrected chi connectivity index (χ4v) is 2.90. The second kappa shape index (κ2) is 8.28. The van der Waals surface area contributed by atoms with Crippen LogP contribution in [0.3, 0.4) is 0 Å². The Morgan fingerprint density at radius 2 is 1.75 bits per heavy atom. The second-order valence-electron chi connectivity index (χ2n) is 5.63. The molecule has 0 amide bonds. The van der Waals surface area contributed by atoms with Crippen molar-refractivity contribution < 1.29 is 0 Å². The van der Waals surface area contributed by atoms with Gasteiger partial charge >= 0.3 is 0 Å². The zero-order valence-electron chi connectivity index (χ0n) is 13.1. The largest absolute Gasteiger partial charge is 0.369 e. The molecule has 1 heterocycles. The molecule has 112 valence electrons. The van der Waals surface area contributed by atoms with E-state index in [0.717, 1.165) is 26.2 Å². The Hall–Kier alpha value is -1.06. The van der Waals surface area contributed by atoms with Crippen LogP contribution in [0.25, 0.3) is 0 Å².